The Labute approximate surface area is 165 Å². The molecule has 0 amide bonds. The third kappa shape index (κ3) is 3.13. The molecule has 2 atom stereocenters. The molecule has 2 aliphatic rings. The number of fused-ring (bicyclic) bond motifs is 2. The Balaban J connectivity index is 1.89. The Morgan fingerprint density at radius 3 is 2.68 bits per heavy atom. The van der Waals surface area contributed by atoms with Gasteiger partial charge in [-0.3, -0.25) is 4.90 Å². The second-order valence-corrected chi connectivity index (χ2v) is 7.53. The molecule has 5 nitrogen and oxygen atoms in total. The molecule has 1 aromatic carbocycles. The van der Waals surface area contributed by atoms with E-state index in [9.17, 15) is 13.2 Å². The molecule has 1 fully saturated rings. The Kier molecular flexibility index (Phi) is 4.97. The number of halogens is 4. The van der Waals surface area contributed by atoms with Crippen molar-refractivity contribution in [2.75, 3.05) is 18.4 Å². The first-order chi connectivity index (χ1) is 13.3. The van der Waals surface area contributed by atoms with Crippen molar-refractivity contribution in [2.45, 2.75) is 44.2 Å². The molecule has 1 saturated heterocycles. The molecule has 2 aliphatic heterocycles. The standard InChI is InChI=1S/C19H20ClF3N4O/c1-12(27-7-3-2-4-8-27)28-18(19(21,22)23)14-9-13(20)5-6-16(14)26-17-15(18)10-24-11-25-17/h5-6,9-12H,2-4,7-8H2,1H3,(H,24,25,26). The number of rotatable bonds is 3. The number of anilines is 2. The van der Waals surface area contributed by atoms with E-state index in [1.54, 1.807) is 6.92 Å². The van der Waals surface area contributed by atoms with Crippen LogP contribution in [-0.2, 0) is 10.3 Å². The van der Waals surface area contributed by atoms with Gasteiger partial charge in [0.05, 0.1) is 5.56 Å². The summed E-state index contributed by atoms with van der Waals surface area (Å²) in [4.78, 5) is 9.80. The first-order valence-corrected chi connectivity index (χ1v) is 9.57. The first kappa shape index (κ1) is 19.4. The lowest BCUT2D eigenvalue weighted by molar-refractivity contribution is -0.294. The summed E-state index contributed by atoms with van der Waals surface area (Å²) in [5.41, 5.74) is -2.70. The van der Waals surface area contributed by atoms with Crippen LogP contribution in [0.3, 0.4) is 0 Å². The fraction of sp³-hybridized carbons (Fsp3) is 0.474. The van der Waals surface area contributed by atoms with Crippen LogP contribution in [0.25, 0.3) is 0 Å². The highest BCUT2D eigenvalue weighted by molar-refractivity contribution is 6.30. The fourth-order valence-corrected chi connectivity index (χ4v) is 4.16. The quantitative estimate of drug-likeness (QED) is 0.781. The summed E-state index contributed by atoms with van der Waals surface area (Å²) in [6.45, 7) is 3.07. The molecular formula is C19H20ClF3N4O. The maximum absolute atomic E-state index is 14.7. The smallest absolute Gasteiger partial charge is 0.339 e. The van der Waals surface area contributed by atoms with Gasteiger partial charge in [-0.2, -0.15) is 13.2 Å². The minimum Gasteiger partial charge on any atom is -0.339 e. The van der Waals surface area contributed by atoms with Crippen molar-refractivity contribution in [3.63, 3.8) is 0 Å². The zero-order chi connectivity index (χ0) is 19.9. The monoisotopic (exact) mass is 412 g/mol. The number of hydrogen-bond acceptors (Lipinski definition) is 5. The van der Waals surface area contributed by atoms with Gasteiger partial charge < -0.3 is 10.1 Å². The van der Waals surface area contributed by atoms with Gasteiger partial charge in [0.25, 0.3) is 0 Å². The zero-order valence-electron chi connectivity index (χ0n) is 15.3. The number of hydrogen-bond donors (Lipinski definition) is 1. The Hall–Kier alpha value is -1.90. The molecule has 1 N–H and O–H groups in total. The van der Waals surface area contributed by atoms with E-state index in [0.29, 0.717) is 13.1 Å². The molecule has 4 rings (SSSR count). The first-order valence-electron chi connectivity index (χ1n) is 9.19. The molecule has 0 aliphatic carbocycles. The second-order valence-electron chi connectivity index (χ2n) is 7.09. The number of alkyl halides is 3. The van der Waals surface area contributed by atoms with Gasteiger partial charge in [0.1, 0.15) is 18.4 Å². The maximum Gasteiger partial charge on any atom is 0.426 e. The summed E-state index contributed by atoms with van der Waals surface area (Å²) in [5.74, 6) is 0.0768. The molecule has 9 heteroatoms. The van der Waals surface area contributed by atoms with E-state index in [0.717, 1.165) is 25.5 Å². The molecular weight excluding hydrogens is 393 g/mol. The Bertz CT molecular complexity index is 872. The number of piperidine rings is 1. The van der Waals surface area contributed by atoms with Crippen molar-refractivity contribution < 1.29 is 17.9 Å². The Morgan fingerprint density at radius 2 is 1.96 bits per heavy atom. The third-order valence-corrected chi connectivity index (χ3v) is 5.59. The average molecular weight is 413 g/mol. The van der Waals surface area contributed by atoms with E-state index in [-0.39, 0.29) is 27.7 Å². The molecule has 0 spiro atoms. The van der Waals surface area contributed by atoms with Gasteiger partial charge in [0, 0.05) is 35.6 Å². The average Bonchev–Trinajstić information content (AvgIpc) is 2.68. The minimum atomic E-state index is -4.75. The van der Waals surface area contributed by atoms with Crippen molar-refractivity contribution in [3.05, 3.63) is 46.9 Å². The topological polar surface area (TPSA) is 50.3 Å². The van der Waals surface area contributed by atoms with Crippen LogP contribution in [0.1, 0.15) is 37.3 Å². The SMILES string of the molecule is CC(OC1(C(F)(F)F)c2cc(Cl)ccc2Nc2ncncc21)N1CCCCC1. The summed E-state index contributed by atoms with van der Waals surface area (Å²) in [6.07, 6.45) is -0.172. The van der Waals surface area contributed by atoms with E-state index in [1.165, 1.54) is 24.5 Å². The van der Waals surface area contributed by atoms with Crippen LogP contribution in [-0.4, -0.2) is 40.4 Å². The highest BCUT2D eigenvalue weighted by Gasteiger charge is 2.63. The number of ether oxygens (including phenoxy) is 1. The molecule has 0 radical (unpaired) electrons. The summed E-state index contributed by atoms with van der Waals surface area (Å²) in [7, 11) is 0. The van der Waals surface area contributed by atoms with Crippen LogP contribution in [0.2, 0.25) is 5.02 Å². The van der Waals surface area contributed by atoms with E-state index in [2.05, 4.69) is 15.3 Å². The van der Waals surface area contributed by atoms with Gasteiger partial charge in [-0.1, -0.05) is 18.0 Å². The summed E-state index contributed by atoms with van der Waals surface area (Å²) in [6, 6.07) is 4.35. The molecule has 2 unspecified atom stereocenters. The van der Waals surface area contributed by atoms with Crippen molar-refractivity contribution in [3.8, 4) is 0 Å². The number of nitrogens with zero attached hydrogens (tertiary/aromatic N) is 3. The second kappa shape index (κ2) is 7.17. The van der Waals surface area contributed by atoms with E-state index >= 15 is 0 Å². The number of benzene rings is 1. The molecule has 2 aromatic rings. The maximum atomic E-state index is 14.7. The van der Waals surface area contributed by atoms with Gasteiger partial charge >= 0.3 is 6.18 Å². The fourth-order valence-electron chi connectivity index (χ4n) is 3.99. The molecule has 0 bridgehead atoms. The normalized spacial score (nSPS) is 23.5. The number of aromatic nitrogens is 2. The number of nitrogens with one attached hydrogen (secondary N) is 1. The predicted octanol–water partition coefficient (Wildman–Crippen LogP) is 4.84. The summed E-state index contributed by atoms with van der Waals surface area (Å²) in [5, 5.41) is 3.14. The van der Waals surface area contributed by atoms with Gasteiger partial charge in [0.2, 0.25) is 5.60 Å². The van der Waals surface area contributed by atoms with Gasteiger partial charge in [0.15, 0.2) is 0 Å². The van der Waals surface area contributed by atoms with Crippen LogP contribution >= 0.6 is 11.6 Å². The van der Waals surface area contributed by atoms with Crippen LogP contribution in [0.5, 0.6) is 0 Å². The van der Waals surface area contributed by atoms with E-state index < -0.39 is 18.0 Å². The highest BCUT2D eigenvalue weighted by atomic mass is 35.5. The van der Waals surface area contributed by atoms with Crippen molar-refractivity contribution in [1.29, 1.82) is 0 Å². The third-order valence-electron chi connectivity index (χ3n) is 5.36. The van der Waals surface area contributed by atoms with E-state index in [4.69, 9.17) is 16.3 Å². The van der Waals surface area contributed by atoms with Gasteiger partial charge in [-0.15, -0.1) is 0 Å². The van der Waals surface area contributed by atoms with Gasteiger partial charge in [-0.05, 0) is 38.0 Å². The van der Waals surface area contributed by atoms with Crippen molar-refractivity contribution in [2.24, 2.45) is 0 Å². The molecule has 0 saturated carbocycles. The van der Waals surface area contributed by atoms with E-state index in [1.807, 2.05) is 4.90 Å². The van der Waals surface area contributed by atoms with Crippen LogP contribution in [0, 0.1) is 0 Å². The molecule has 1 aromatic heterocycles. The largest absolute Gasteiger partial charge is 0.426 e. The zero-order valence-corrected chi connectivity index (χ0v) is 16.0. The van der Waals surface area contributed by atoms with Crippen LogP contribution in [0.15, 0.2) is 30.7 Å². The Morgan fingerprint density at radius 1 is 1.21 bits per heavy atom. The lowest BCUT2D eigenvalue weighted by atomic mass is 9.82. The summed E-state index contributed by atoms with van der Waals surface area (Å²) < 4.78 is 50.1. The lowest BCUT2D eigenvalue weighted by Crippen LogP contribution is -2.53. The summed E-state index contributed by atoms with van der Waals surface area (Å²) >= 11 is 6.07. The van der Waals surface area contributed by atoms with Crippen LogP contribution < -0.4 is 5.32 Å². The molecule has 28 heavy (non-hydrogen) atoms. The molecule has 3 heterocycles. The van der Waals surface area contributed by atoms with Crippen molar-refractivity contribution >= 4 is 23.1 Å². The van der Waals surface area contributed by atoms with Crippen LogP contribution in [0.4, 0.5) is 24.7 Å². The molecule has 150 valence electrons. The highest BCUT2D eigenvalue weighted by Crippen LogP contribution is 2.55. The number of likely N-dealkylation sites (tertiary alicyclic amines) is 1. The van der Waals surface area contributed by atoms with Crippen molar-refractivity contribution in [1.82, 2.24) is 14.9 Å². The van der Waals surface area contributed by atoms with Gasteiger partial charge in [-0.25, -0.2) is 9.97 Å². The lowest BCUT2D eigenvalue weighted by Gasteiger charge is -2.44. The minimum absolute atomic E-state index is 0.0768. The predicted molar refractivity (Wildman–Crippen MR) is 99.6 cm³/mol.